The molecule has 5 heteroatoms. The Kier molecular flexibility index (Phi) is 5.82. The molecule has 0 aliphatic rings. The number of phenols is 2. The zero-order valence-electron chi connectivity index (χ0n) is 13.3. The number of hydrogen-bond donors (Lipinski definition) is 4. The Bertz CT molecular complexity index is 686. The summed E-state index contributed by atoms with van der Waals surface area (Å²) >= 11 is 5.33. The molecule has 0 saturated carbocycles. The maximum absolute atomic E-state index is 9.48. The summed E-state index contributed by atoms with van der Waals surface area (Å²) in [6, 6.07) is 12.9. The first-order valence-electron chi connectivity index (χ1n) is 7.62. The molecule has 0 aromatic heterocycles. The maximum Gasteiger partial charge on any atom is 0.170 e. The minimum Gasteiger partial charge on any atom is -0.504 e. The quantitative estimate of drug-likeness (QED) is 0.497. The first kappa shape index (κ1) is 17.1. The molecule has 0 unspecified atom stereocenters. The third-order valence-corrected chi connectivity index (χ3v) is 3.82. The third-order valence-electron chi connectivity index (χ3n) is 3.57. The average Bonchev–Trinajstić information content (AvgIpc) is 2.51. The molecule has 0 aliphatic heterocycles. The molecule has 0 aliphatic carbocycles. The van der Waals surface area contributed by atoms with Crippen LogP contribution in [0.25, 0.3) is 0 Å². The van der Waals surface area contributed by atoms with Gasteiger partial charge in [0.05, 0.1) is 0 Å². The Hall–Kier alpha value is -2.27. The summed E-state index contributed by atoms with van der Waals surface area (Å²) in [6.45, 7) is 4.93. The van der Waals surface area contributed by atoms with Crippen LogP contribution in [0.4, 0.5) is 5.69 Å². The van der Waals surface area contributed by atoms with Gasteiger partial charge in [0.2, 0.25) is 0 Å². The number of rotatable bonds is 5. The van der Waals surface area contributed by atoms with Gasteiger partial charge in [0, 0.05) is 12.2 Å². The molecule has 23 heavy (non-hydrogen) atoms. The highest BCUT2D eigenvalue weighted by atomic mass is 32.1. The second-order valence-corrected chi connectivity index (χ2v) is 6.10. The molecule has 0 heterocycles. The molecular formula is C18H22N2O2S. The summed E-state index contributed by atoms with van der Waals surface area (Å²) in [4.78, 5) is 0. The minimum atomic E-state index is -0.107. The van der Waals surface area contributed by atoms with Crippen LogP contribution in [-0.4, -0.2) is 21.9 Å². The second-order valence-electron chi connectivity index (χ2n) is 5.70. The Morgan fingerprint density at radius 1 is 1.09 bits per heavy atom. The van der Waals surface area contributed by atoms with E-state index in [1.807, 2.05) is 18.2 Å². The lowest BCUT2D eigenvalue weighted by molar-refractivity contribution is 0.403. The van der Waals surface area contributed by atoms with Crippen molar-refractivity contribution in [1.29, 1.82) is 0 Å². The number of anilines is 1. The molecule has 122 valence electrons. The van der Waals surface area contributed by atoms with Gasteiger partial charge in [0.25, 0.3) is 0 Å². The Morgan fingerprint density at radius 2 is 1.83 bits per heavy atom. The smallest absolute Gasteiger partial charge is 0.170 e. The molecular weight excluding hydrogens is 308 g/mol. The van der Waals surface area contributed by atoms with Crippen molar-refractivity contribution in [3.05, 3.63) is 53.6 Å². The molecule has 0 atom stereocenters. The van der Waals surface area contributed by atoms with Crippen LogP contribution >= 0.6 is 12.2 Å². The van der Waals surface area contributed by atoms with Gasteiger partial charge in [0.1, 0.15) is 0 Å². The standard InChI is InChI=1S/C18H22N2O2S/c1-12(2)14-5-3-4-6-15(14)20-18(23)19-10-9-13-7-8-16(21)17(22)11-13/h3-8,11-12,21-22H,9-10H2,1-2H3,(H2,19,20,23). The monoisotopic (exact) mass is 330 g/mol. The first-order chi connectivity index (χ1) is 11.0. The van der Waals surface area contributed by atoms with E-state index in [4.69, 9.17) is 12.2 Å². The van der Waals surface area contributed by atoms with E-state index >= 15 is 0 Å². The highest BCUT2D eigenvalue weighted by Crippen LogP contribution is 2.25. The summed E-state index contributed by atoms with van der Waals surface area (Å²) in [7, 11) is 0. The molecule has 0 bridgehead atoms. The van der Waals surface area contributed by atoms with E-state index in [-0.39, 0.29) is 11.5 Å². The molecule has 0 fully saturated rings. The lowest BCUT2D eigenvalue weighted by Crippen LogP contribution is -2.30. The van der Waals surface area contributed by atoms with Crippen molar-refractivity contribution < 1.29 is 10.2 Å². The normalized spacial score (nSPS) is 10.6. The molecule has 4 N–H and O–H groups in total. The highest BCUT2D eigenvalue weighted by Gasteiger charge is 2.07. The van der Waals surface area contributed by atoms with E-state index in [0.29, 0.717) is 24.0 Å². The predicted molar refractivity (Wildman–Crippen MR) is 98.2 cm³/mol. The Morgan fingerprint density at radius 3 is 2.52 bits per heavy atom. The minimum absolute atomic E-state index is 0.103. The number of para-hydroxylation sites is 1. The summed E-state index contributed by atoms with van der Waals surface area (Å²) in [5.41, 5.74) is 3.17. The van der Waals surface area contributed by atoms with E-state index in [2.05, 4.69) is 30.5 Å². The van der Waals surface area contributed by atoms with Crippen LogP contribution in [0, 0.1) is 0 Å². The first-order valence-corrected chi connectivity index (χ1v) is 8.03. The van der Waals surface area contributed by atoms with Gasteiger partial charge >= 0.3 is 0 Å². The van der Waals surface area contributed by atoms with Gasteiger partial charge in [-0.25, -0.2) is 0 Å². The number of phenolic OH excluding ortho intramolecular Hbond substituents is 2. The molecule has 2 rings (SSSR count). The van der Waals surface area contributed by atoms with Crippen molar-refractivity contribution >= 4 is 23.0 Å². The van der Waals surface area contributed by atoms with Crippen LogP contribution < -0.4 is 10.6 Å². The topological polar surface area (TPSA) is 64.5 Å². The van der Waals surface area contributed by atoms with Gasteiger partial charge in [-0.15, -0.1) is 0 Å². The number of thiocarbonyl (C=S) groups is 1. The van der Waals surface area contributed by atoms with Crippen molar-refractivity contribution in [2.24, 2.45) is 0 Å². The summed E-state index contributed by atoms with van der Waals surface area (Å²) < 4.78 is 0. The predicted octanol–water partition coefficient (Wildman–Crippen LogP) is 3.75. The summed E-state index contributed by atoms with van der Waals surface area (Å²) in [6.07, 6.45) is 0.696. The van der Waals surface area contributed by atoms with Crippen LogP contribution in [-0.2, 0) is 6.42 Å². The Balaban J connectivity index is 1.87. The van der Waals surface area contributed by atoms with Crippen molar-refractivity contribution in [3.8, 4) is 11.5 Å². The fourth-order valence-electron chi connectivity index (χ4n) is 2.33. The van der Waals surface area contributed by atoms with Gasteiger partial charge in [-0.3, -0.25) is 0 Å². The number of benzene rings is 2. The third kappa shape index (κ3) is 4.86. The molecule has 0 spiro atoms. The van der Waals surface area contributed by atoms with E-state index < -0.39 is 0 Å². The van der Waals surface area contributed by atoms with Crippen LogP contribution in [0.2, 0.25) is 0 Å². The molecule has 4 nitrogen and oxygen atoms in total. The zero-order chi connectivity index (χ0) is 16.8. The van der Waals surface area contributed by atoms with Gasteiger partial charge in [-0.05, 0) is 53.9 Å². The van der Waals surface area contributed by atoms with E-state index in [1.54, 1.807) is 12.1 Å². The highest BCUT2D eigenvalue weighted by molar-refractivity contribution is 7.80. The van der Waals surface area contributed by atoms with Crippen molar-refractivity contribution in [1.82, 2.24) is 5.32 Å². The van der Waals surface area contributed by atoms with Gasteiger partial charge < -0.3 is 20.8 Å². The zero-order valence-corrected chi connectivity index (χ0v) is 14.2. The van der Waals surface area contributed by atoms with Crippen LogP contribution in [0.3, 0.4) is 0 Å². The Labute approximate surface area is 142 Å². The van der Waals surface area contributed by atoms with E-state index in [9.17, 15) is 10.2 Å². The molecule has 0 amide bonds. The second kappa shape index (κ2) is 7.83. The lowest BCUT2D eigenvalue weighted by atomic mass is 10.0. The fraction of sp³-hybridized carbons (Fsp3) is 0.278. The van der Waals surface area contributed by atoms with Crippen molar-refractivity contribution in [2.75, 3.05) is 11.9 Å². The fourth-order valence-corrected chi connectivity index (χ4v) is 2.54. The molecule has 2 aromatic rings. The van der Waals surface area contributed by atoms with Crippen LogP contribution in [0.15, 0.2) is 42.5 Å². The number of hydrogen-bond acceptors (Lipinski definition) is 3. The van der Waals surface area contributed by atoms with E-state index in [1.165, 1.54) is 11.6 Å². The average molecular weight is 330 g/mol. The van der Waals surface area contributed by atoms with Crippen LogP contribution in [0.1, 0.15) is 30.9 Å². The SMILES string of the molecule is CC(C)c1ccccc1NC(=S)NCCc1ccc(O)c(O)c1. The lowest BCUT2D eigenvalue weighted by Gasteiger charge is -2.16. The van der Waals surface area contributed by atoms with Crippen molar-refractivity contribution in [3.63, 3.8) is 0 Å². The van der Waals surface area contributed by atoms with Crippen molar-refractivity contribution in [2.45, 2.75) is 26.2 Å². The van der Waals surface area contributed by atoms with Crippen LogP contribution in [0.5, 0.6) is 11.5 Å². The van der Waals surface area contributed by atoms with Gasteiger partial charge in [-0.2, -0.15) is 0 Å². The largest absolute Gasteiger partial charge is 0.504 e. The maximum atomic E-state index is 9.48. The van der Waals surface area contributed by atoms with Gasteiger partial charge in [0.15, 0.2) is 16.6 Å². The molecule has 0 saturated heterocycles. The number of nitrogens with one attached hydrogen (secondary N) is 2. The summed E-state index contributed by atoms with van der Waals surface area (Å²) in [5.74, 6) is 0.208. The van der Waals surface area contributed by atoms with Gasteiger partial charge in [-0.1, -0.05) is 38.1 Å². The molecule has 2 aromatic carbocycles. The molecule has 0 radical (unpaired) electrons. The van der Waals surface area contributed by atoms with E-state index in [0.717, 1.165) is 11.3 Å². The number of aromatic hydroxyl groups is 2. The summed E-state index contributed by atoms with van der Waals surface area (Å²) in [5, 5.41) is 25.7.